The number of hydrogen-bond donors (Lipinski definition) is 0. The summed E-state index contributed by atoms with van der Waals surface area (Å²) in [5.74, 6) is -0.629. The van der Waals surface area contributed by atoms with E-state index >= 15 is 0 Å². The van der Waals surface area contributed by atoms with Gasteiger partial charge in [0.1, 0.15) is 6.29 Å². The molecule has 0 radical (unpaired) electrons. The van der Waals surface area contributed by atoms with E-state index in [-0.39, 0.29) is 11.1 Å². The standard InChI is InChI=1S/C10H8O4/c1-14-10(13)9-4-7(5-11)2-3-8(9)6-12/h2-6H,1H3. The molecule has 0 aliphatic heterocycles. The Morgan fingerprint density at radius 1 is 1.29 bits per heavy atom. The Balaban J connectivity index is 3.27. The van der Waals surface area contributed by atoms with Gasteiger partial charge in [0.05, 0.1) is 12.7 Å². The highest BCUT2D eigenvalue weighted by molar-refractivity contribution is 5.99. The van der Waals surface area contributed by atoms with Crippen LogP contribution in [0.3, 0.4) is 0 Å². The minimum atomic E-state index is -0.629. The molecule has 0 saturated heterocycles. The number of ether oxygens (including phenoxy) is 1. The van der Waals surface area contributed by atoms with Crippen molar-refractivity contribution >= 4 is 18.5 Å². The van der Waals surface area contributed by atoms with Gasteiger partial charge >= 0.3 is 5.97 Å². The summed E-state index contributed by atoms with van der Waals surface area (Å²) in [6.45, 7) is 0. The second kappa shape index (κ2) is 4.32. The van der Waals surface area contributed by atoms with Gasteiger partial charge in [0.15, 0.2) is 6.29 Å². The van der Waals surface area contributed by atoms with Crippen LogP contribution in [0.2, 0.25) is 0 Å². The van der Waals surface area contributed by atoms with E-state index in [1.807, 2.05) is 0 Å². The molecule has 0 amide bonds. The number of carbonyl (C=O) groups excluding carboxylic acids is 3. The molecule has 0 spiro atoms. The van der Waals surface area contributed by atoms with Crippen LogP contribution in [0.4, 0.5) is 0 Å². The van der Waals surface area contributed by atoms with Crippen molar-refractivity contribution in [3.8, 4) is 0 Å². The molecule has 0 aromatic heterocycles. The van der Waals surface area contributed by atoms with Crippen LogP contribution in [0.25, 0.3) is 0 Å². The molecule has 72 valence electrons. The average molecular weight is 192 g/mol. The highest BCUT2D eigenvalue weighted by atomic mass is 16.5. The highest BCUT2D eigenvalue weighted by Gasteiger charge is 2.11. The molecule has 0 N–H and O–H groups in total. The van der Waals surface area contributed by atoms with Gasteiger partial charge in [-0.05, 0) is 6.07 Å². The van der Waals surface area contributed by atoms with Crippen molar-refractivity contribution in [2.24, 2.45) is 0 Å². The van der Waals surface area contributed by atoms with Crippen LogP contribution in [-0.4, -0.2) is 25.7 Å². The Labute approximate surface area is 80.5 Å². The zero-order chi connectivity index (χ0) is 10.6. The Bertz CT molecular complexity index is 382. The van der Waals surface area contributed by atoms with Crippen molar-refractivity contribution < 1.29 is 19.1 Å². The lowest BCUT2D eigenvalue weighted by Crippen LogP contribution is -2.06. The van der Waals surface area contributed by atoms with E-state index in [4.69, 9.17) is 0 Å². The van der Waals surface area contributed by atoms with Gasteiger partial charge < -0.3 is 4.74 Å². The molecular weight excluding hydrogens is 184 g/mol. The monoisotopic (exact) mass is 192 g/mol. The average Bonchev–Trinajstić information content (AvgIpc) is 2.27. The minimum absolute atomic E-state index is 0.104. The number of benzene rings is 1. The molecule has 1 rings (SSSR count). The molecule has 4 nitrogen and oxygen atoms in total. The van der Waals surface area contributed by atoms with Crippen molar-refractivity contribution in [1.82, 2.24) is 0 Å². The van der Waals surface area contributed by atoms with Crippen LogP contribution in [0.5, 0.6) is 0 Å². The fraction of sp³-hybridized carbons (Fsp3) is 0.100. The van der Waals surface area contributed by atoms with Crippen molar-refractivity contribution in [2.75, 3.05) is 7.11 Å². The van der Waals surface area contributed by atoms with Gasteiger partial charge in [0.2, 0.25) is 0 Å². The largest absolute Gasteiger partial charge is 0.465 e. The molecule has 0 aliphatic carbocycles. The number of carbonyl (C=O) groups is 3. The molecule has 4 heteroatoms. The molecule has 0 bridgehead atoms. The van der Waals surface area contributed by atoms with E-state index < -0.39 is 5.97 Å². The lowest BCUT2D eigenvalue weighted by Gasteiger charge is -2.02. The lowest BCUT2D eigenvalue weighted by molar-refractivity contribution is 0.0598. The summed E-state index contributed by atoms with van der Waals surface area (Å²) in [5.41, 5.74) is 0.644. The maximum atomic E-state index is 11.2. The first-order valence-corrected chi connectivity index (χ1v) is 3.85. The normalized spacial score (nSPS) is 9.21. The van der Waals surface area contributed by atoms with Gasteiger partial charge in [0, 0.05) is 11.1 Å². The van der Waals surface area contributed by atoms with E-state index in [2.05, 4.69) is 4.74 Å². The maximum Gasteiger partial charge on any atom is 0.338 e. The number of aldehydes is 2. The molecule has 0 fully saturated rings. The topological polar surface area (TPSA) is 60.4 Å². The summed E-state index contributed by atoms with van der Waals surface area (Å²) in [6, 6.07) is 4.19. The fourth-order valence-corrected chi connectivity index (χ4v) is 1.04. The number of hydrogen-bond acceptors (Lipinski definition) is 4. The molecule has 0 heterocycles. The van der Waals surface area contributed by atoms with Gasteiger partial charge in [-0.2, -0.15) is 0 Å². The van der Waals surface area contributed by atoms with Gasteiger partial charge in [-0.25, -0.2) is 4.79 Å². The van der Waals surface area contributed by atoms with E-state index in [0.29, 0.717) is 18.1 Å². The first-order chi connectivity index (χ1) is 6.72. The molecule has 0 saturated carbocycles. The van der Waals surface area contributed by atoms with Crippen LogP contribution < -0.4 is 0 Å². The molecule has 1 aromatic carbocycles. The van der Waals surface area contributed by atoms with Gasteiger partial charge in [0.25, 0.3) is 0 Å². The summed E-state index contributed by atoms with van der Waals surface area (Å²) >= 11 is 0. The molecule has 0 aliphatic rings. The maximum absolute atomic E-state index is 11.2. The Morgan fingerprint density at radius 2 is 2.00 bits per heavy atom. The van der Waals surface area contributed by atoms with Crippen molar-refractivity contribution in [1.29, 1.82) is 0 Å². The van der Waals surface area contributed by atoms with Crippen molar-refractivity contribution in [3.63, 3.8) is 0 Å². The SMILES string of the molecule is COC(=O)c1cc(C=O)ccc1C=O. The smallest absolute Gasteiger partial charge is 0.338 e. The third kappa shape index (κ3) is 1.85. The fourth-order valence-electron chi connectivity index (χ4n) is 1.04. The number of esters is 1. The summed E-state index contributed by atoms with van der Waals surface area (Å²) < 4.78 is 4.46. The van der Waals surface area contributed by atoms with Crippen LogP contribution in [0, 0.1) is 0 Å². The second-order valence-corrected chi connectivity index (χ2v) is 2.57. The van der Waals surface area contributed by atoms with Gasteiger partial charge in [-0.15, -0.1) is 0 Å². The zero-order valence-corrected chi connectivity index (χ0v) is 7.52. The first kappa shape index (κ1) is 10.1. The van der Waals surface area contributed by atoms with E-state index in [9.17, 15) is 14.4 Å². The molecule has 14 heavy (non-hydrogen) atoms. The summed E-state index contributed by atoms with van der Waals surface area (Å²) in [6.07, 6.45) is 1.14. The Morgan fingerprint density at radius 3 is 2.50 bits per heavy atom. The summed E-state index contributed by atoms with van der Waals surface area (Å²) in [4.78, 5) is 32.1. The van der Waals surface area contributed by atoms with Crippen LogP contribution in [-0.2, 0) is 4.74 Å². The molecular formula is C10H8O4. The third-order valence-electron chi connectivity index (χ3n) is 1.75. The third-order valence-corrected chi connectivity index (χ3v) is 1.75. The minimum Gasteiger partial charge on any atom is -0.465 e. The summed E-state index contributed by atoms with van der Waals surface area (Å²) in [5, 5.41) is 0. The van der Waals surface area contributed by atoms with Crippen LogP contribution in [0.15, 0.2) is 18.2 Å². The Kier molecular flexibility index (Phi) is 3.12. The highest BCUT2D eigenvalue weighted by Crippen LogP contribution is 2.10. The summed E-state index contributed by atoms with van der Waals surface area (Å²) in [7, 11) is 1.21. The van der Waals surface area contributed by atoms with Gasteiger partial charge in [-0.1, -0.05) is 12.1 Å². The second-order valence-electron chi connectivity index (χ2n) is 2.57. The van der Waals surface area contributed by atoms with Crippen LogP contribution in [0.1, 0.15) is 31.1 Å². The van der Waals surface area contributed by atoms with E-state index in [0.717, 1.165) is 0 Å². The first-order valence-electron chi connectivity index (χ1n) is 3.85. The zero-order valence-electron chi connectivity index (χ0n) is 7.52. The van der Waals surface area contributed by atoms with E-state index in [1.165, 1.54) is 25.3 Å². The van der Waals surface area contributed by atoms with Crippen LogP contribution >= 0.6 is 0 Å². The van der Waals surface area contributed by atoms with Gasteiger partial charge in [-0.3, -0.25) is 9.59 Å². The molecule has 0 unspecified atom stereocenters. The Hall–Kier alpha value is -1.97. The van der Waals surface area contributed by atoms with E-state index in [1.54, 1.807) is 0 Å². The quantitative estimate of drug-likeness (QED) is 0.531. The van der Waals surface area contributed by atoms with Crippen molar-refractivity contribution in [3.05, 3.63) is 34.9 Å². The number of rotatable bonds is 3. The molecule has 1 aromatic rings. The number of methoxy groups -OCH3 is 1. The van der Waals surface area contributed by atoms with Crippen molar-refractivity contribution in [2.45, 2.75) is 0 Å². The lowest BCUT2D eigenvalue weighted by atomic mass is 10.1. The predicted octanol–water partition coefficient (Wildman–Crippen LogP) is 1.10. The predicted molar refractivity (Wildman–Crippen MR) is 48.6 cm³/mol. The molecule has 0 atom stereocenters.